The van der Waals surface area contributed by atoms with E-state index in [0.29, 0.717) is 6.42 Å². The number of nitrogens with zero attached hydrogens (tertiary/aromatic N) is 1. The quantitative estimate of drug-likeness (QED) is 0.591. The summed E-state index contributed by atoms with van der Waals surface area (Å²) in [6.45, 7) is 7.97. The normalized spacial score (nSPS) is 13.6. The molecule has 0 spiro atoms. The van der Waals surface area contributed by atoms with Crippen molar-refractivity contribution in [2.45, 2.75) is 45.6 Å². The summed E-state index contributed by atoms with van der Waals surface area (Å²) in [4.78, 5) is 13.9. The summed E-state index contributed by atoms with van der Waals surface area (Å²) in [5.41, 5.74) is 7.66. The molecule has 1 unspecified atom stereocenters. The second kappa shape index (κ2) is 8.03. The van der Waals surface area contributed by atoms with Crippen molar-refractivity contribution < 1.29 is 9.53 Å². The van der Waals surface area contributed by atoms with E-state index in [2.05, 4.69) is 43.0 Å². The number of esters is 1. The Balaban J connectivity index is 2.47. The zero-order valence-electron chi connectivity index (χ0n) is 13.7. The van der Waals surface area contributed by atoms with Crippen LogP contribution in [0.5, 0.6) is 0 Å². The molecule has 118 valence electrons. The maximum Gasteiger partial charge on any atom is 0.325 e. The number of carbonyl (C=O) groups excluding carboxylic acids is 1. The lowest BCUT2D eigenvalue weighted by Crippen LogP contribution is -2.45. The predicted octanol–water partition coefficient (Wildman–Crippen LogP) is 2.88. The number of benzene rings is 1. The molecule has 0 heterocycles. The molecule has 0 aliphatic rings. The Bertz CT molecular complexity index is 458. The number of unbranched alkanes of at least 4 members (excludes halogenated alkanes) is 1. The average molecular weight is 292 g/mol. The van der Waals surface area contributed by atoms with Crippen LogP contribution in [0.4, 0.5) is 5.69 Å². The Morgan fingerprint density at radius 3 is 2.57 bits per heavy atom. The number of ether oxygens (including phenoxy) is 1. The van der Waals surface area contributed by atoms with Crippen LogP contribution >= 0.6 is 0 Å². The first-order valence-corrected chi connectivity index (χ1v) is 7.60. The van der Waals surface area contributed by atoms with Gasteiger partial charge in [0, 0.05) is 18.8 Å². The van der Waals surface area contributed by atoms with Gasteiger partial charge in [-0.2, -0.15) is 0 Å². The number of hydrogen-bond acceptors (Lipinski definition) is 4. The molecule has 1 aromatic rings. The molecule has 0 amide bonds. The number of hydrogen-bond donors (Lipinski definition) is 1. The monoisotopic (exact) mass is 292 g/mol. The van der Waals surface area contributed by atoms with Gasteiger partial charge in [0.2, 0.25) is 0 Å². The van der Waals surface area contributed by atoms with Crippen LogP contribution in [0.1, 0.15) is 38.7 Å². The summed E-state index contributed by atoms with van der Waals surface area (Å²) in [7, 11) is 1.38. The molecule has 4 heteroatoms. The molecule has 0 saturated heterocycles. The highest BCUT2D eigenvalue weighted by molar-refractivity contribution is 5.79. The van der Waals surface area contributed by atoms with E-state index in [1.807, 2.05) is 0 Å². The van der Waals surface area contributed by atoms with Gasteiger partial charge in [-0.3, -0.25) is 4.79 Å². The lowest BCUT2D eigenvalue weighted by atomic mass is 9.96. The van der Waals surface area contributed by atoms with Crippen LogP contribution in [-0.2, 0) is 9.53 Å². The SMILES string of the molecule is CCN(CCCCC(C)(N)C(=O)OC)c1ccccc1C. The van der Waals surface area contributed by atoms with E-state index in [0.717, 1.165) is 25.9 Å². The van der Waals surface area contributed by atoms with Gasteiger partial charge in [-0.1, -0.05) is 18.2 Å². The van der Waals surface area contributed by atoms with Crippen molar-refractivity contribution in [2.24, 2.45) is 5.73 Å². The maximum absolute atomic E-state index is 11.5. The van der Waals surface area contributed by atoms with Crippen LogP contribution in [0.3, 0.4) is 0 Å². The van der Waals surface area contributed by atoms with Crippen LogP contribution in [0, 0.1) is 6.92 Å². The Hall–Kier alpha value is -1.55. The minimum atomic E-state index is -0.880. The smallest absolute Gasteiger partial charge is 0.325 e. The fourth-order valence-electron chi connectivity index (χ4n) is 2.50. The largest absolute Gasteiger partial charge is 0.468 e. The van der Waals surface area contributed by atoms with Crippen LogP contribution in [-0.4, -0.2) is 31.7 Å². The Kier molecular flexibility index (Phi) is 6.69. The molecule has 0 aliphatic heterocycles. The van der Waals surface area contributed by atoms with Gasteiger partial charge in [0.05, 0.1) is 7.11 Å². The maximum atomic E-state index is 11.5. The molecule has 0 aliphatic carbocycles. The third-order valence-corrected chi connectivity index (χ3v) is 3.86. The number of anilines is 1. The van der Waals surface area contributed by atoms with E-state index in [4.69, 9.17) is 10.5 Å². The Morgan fingerprint density at radius 2 is 2.00 bits per heavy atom. The van der Waals surface area contributed by atoms with Crippen molar-refractivity contribution >= 4 is 11.7 Å². The van der Waals surface area contributed by atoms with Gasteiger partial charge < -0.3 is 15.4 Å². The summed E-state index contributed by atoms with van der Waals surface area (Å²) in [6.07, 6.45) is 2.56. The highest BCUT2D eigenvalue weighted by Crippen LogP contribution is 2.20. The van der Waals surface area contributed by atoms with Crippen LogP contribution in [0.2, 0.25) is 0 Å². The molecule has 21 heavy (non-hydrogen) atoms. The first-order chi connectivity index (χ1) is 9.92. The van der Waals surface area contributed by atoms with Gasteiger partial charge in [0.1, 0.15) is 5.54 Å². The summed E-state index contributed by atoms with van der Waals surface area (Å²) in [5.74, 6) is -0.339. The Morgan fingerprint density at radius 1 is 1.33 bits per heavy atom. The fraction of sp³-hybridized carbons (Fsp3) is 0.588. The number of carbonyl (C=O) groups is 1. The standard InChI is InChI=1S/C17H28N2O2/c1-5-19(15-11-7-6-10-14(15)2)13-9-8-12-17(3,18)16(20)21-4/h6-7,10-11H,5,8-9,12-13,18H2,1-4H3. The lowest BCUT2D eigenvalue weighted by molar-refractivity contribution is -0.146. The van der Waals surface area contributed by atoms with Crippen molar-refractivity contribution in [3.8, 4) is 0 Å². The highest BCUT2D eigenvalue weighted by atomic mass is 16.5. The first kappa shape index (κ1) is 17.5. The average Bonchev–Trinajstić information content (AvgIpc) is 2.47. The van der Waals surface area contributed by atoms with E-state index in [9.17, 15) is 4.79 Å². The second-order valence-electron chi connectivity index (χ2n) is 5.73. The summed E-state index contributed by atoms with van der Waals surface area (Å²) < 4.78 is 4.73. The van der Waals surface area contributed by atoms with Gasteiger partial charge in [-0.05, 0) is 51.7 Å². The molecule has 0 bridgehead atoms. The van der Waals surface area contributed by atoms with Crippen molar-refractivity contribution in [1.29, 1.82) is 0 Å². The van der Waals surface area contributed by atoms with Crippen molar-refractivity contribution in [2.75, 3.05) is 25.1 Å². The zero-order valence-corrected chi connectivity index (χ0v) is 13.7. The number of nitrogens with two attached hydrogens (primary N) is 1. The highest BCUT2D eigenvalue weighted by Gasteiger charge is 2.28. The van der Waals surface area contributed by atoms with Crippen molar-refractivity contribution in [3.05, 3.63) is 29.8 Å². The van der Waals surface area contributed by atoms with Crippen LogP contribution < -0.4 is 10.6 Å². The van der Waals surface area contributed by atoms with Crippen molar-refractivity contribution in [3.63, 3.8) is 0 Å². The van der Waals surface area contributed by atoms with E-state index >= 15 is 0 Å². The molecule has 0 saturated carbocycles. The molecule has 0 fully saturated rings. The third kappa shape index (κ3) is 5.05. The molecule has 1 aromatic carbocycles. The number of methoxy groups -OCH3 is 1. The third-order valence-electron chi connectivity index (χ3n) is 3.86. The first-order valence-electron chi connectivity index (χ1n) is 7.60. The second-order valence-corrected chi connectivity index (χ2v) is 5.73. The lowest BCUT2D eigenvalue weighted by Gasteiger charge is -2.26. The zero-order chi connectivity index (χ0) is 15.9. The number of rotatable bonds is 8. The van der Waals surface area contributed by atoms with Gasteiger partial charge in [-0.25, -0.2) is 0 Å². The van der Waals surface area contributed by atoms with Crippen molar-refractivity contribution in [1.82, 2.24) is 0 Å². The molecular formula is C17H28N2O2. The molecule has 0 aromatic heterocycles. The minimum Gasteiger partial charge on any atom is -0.468 e. The van der Waals surface area contributed by atoms with Gasteiger partial charge >= 0.3 is 5.97 Å². The van der Waals surface area contributed by atoms with Gasteiger partial charge in [0.25, 0.3) is 0 Å². The molecule has 2 N–H and O–H groups in total. The molecule has 4 nitrogen and oxygen atoms in total. The van der Waals surface area contributed by atoms with Gasteiger partial charge in [0.15, 0.2) is 0 Å². The van der Waals surface area contributed by atoms with Crippen LogP contribution in [0.25, 0.3) is 0 Å². The fourth-order valence-corrected chi connectivity index (χ4v) is 2.50. The molecule has 1 atom stereocenters. The predicted molar refractivity (Wildman–Crippen MR) is 87.5 cm³/mol. The van der Waals surface area contributed by atoms with E-state index in [-0.39, 0.29) is 5.97 Å². The summed E-state index contributed by atoms with van der Waals surface area (Å²) >= 11 is 0. The van der Waals surface area contributed by atoms with E-state index < -0.39 is 5.54 Å². The Labute approximate surface area is 128 Å². The molecule has 1 rings (SSSR count). The van der Waals surface area contributed by atoms with Crippen LogP contribution in [0.15, 0.2) is 24.3 Å². The minimum absolute atomic E-state index is 0.339. The summed E-state index contributed by atoms with van der Waals surface area (Å²) in [5, 5.41) is 0. The van der Waals surface area contributed by atoms with E-state index in [1.54, 1.807) is 6.92 Å². The molecular weight excluding hydrogens is 264 g/mol. The number of para-hydroxylation sites is 1. The number of aryl methyl sites for hydroxylation is 1. The summed E-state index contributed by atoms with van der Waals surface area (Å²) in [6, 6.07) is 8.41. The van der Waals surface area contributed by atoms with E-state index in [1.165, 1.54) is 18.4 Å². The topological polar surface area (TPSA) is 55.6 Å². The van der Waals surface area contributed by atoms with Gasteiger partial charge in [-0.15, -0.1) is 0 Å². The molecule has 0 radical (unpaired) electrons.